The second kappa shape index (κ2) is 7.45. The number of hydrogen-bond acceptors (Lipinski definition) is 2. The van der Waals surface area contributed by atoms with Crippen LogP contribution in [0.1, 0.15) is 18.4 Å². The largest absolute Gasteiger partial charge is 0.411 e. The Morgan fingerprint density at radius 3 is 2.37 bits per heavy atom. The van der Waals surface area contributed by atoms with Crippen molar-refractivity contribution < 1.29 is 22.3 Å². The van der Waals surface area contributed by atoms with E-state index in [0.717, 1.165) is 5.56 Å². The first-order valence-corrected chi connectivity index (χ1v) is 6.03. The monoisotopic (exact) mass is 279 g/mol. The third kappa shape index (κ3) is 6.54. The Morgan fingerprint density at radius 2 is 1.84 bits per heavy atom. The maximum atomic E-state index is 12.8. The van der Waals surface area contributed by atoms with Crippen LogP contribution < -0.4 is 5.32 Å². The van der Waals surface area contributed by atoms with Crippen molar-refractivity contribution in [3.63, 3.8) is 0 Å². The molecule has 1 unspecified atom stereocenters. The van der Waals surface area contributed by atoms with Gasteiger partial charge in [0.2, 0.25) is 0 Å². The smallest absolute Gasteiger partial charge is 0.371 e. The molecule has 108 valence electrons. The van der Waals surface area contributed by atoms with Crippen molar-refractivity contribution in [1.29, 1.82) is 0 Å². The van der Waals surface area contributed by atoms with Gasteiger partial charge in [0.15, 0.2) is 0 Å². The average Bonchev–Trinajstić information content (AvgIpc) is 2.33. The first-order valence-electron chi connectivity index (χ1n) is 6.03. The molecule has 0 heterocycles. The van der Waals surface area contributed by atoms with Gasteiger partial charge in [-0.05, 0) is 24.2 Å². The van der Waals surface area contributed by atoms with E-state index in [0.29, 0.717) is 13.1 Å². The number of nitrogens with one attached hydrogen (secondary N) is 1. The number of benzene rings is 1. The second-order valence-corrected chi connectivity index (χ2v) is 4.19. The summed E-state index contributed by atoms with van der Waals surface area (Å²) in [4.78, 5) is 0. The number of alkyl halides is 3. The van der Waals surface area contributed by atoms with E-state index >= 15 is 0 Å². The minimum Gasteiger partial charge on any atom is -0.371 e. The summed E-state index contributed by atoms with van der Waals surface area (Å²) < 4.78 is 53.6. The number of ether oxygens (including phenoxy) is 1. The fourth-order valence-corrected chi connectivity index (χ4v) is 1.64. The van der Waals surface area contributed by atoms with Crippen molar-refractivity contribution >= 4 is 0 Å². The zero-order valence-corrected chi connectivity index (χ0v) is 10.6. The Bertz CT molecular complexity index is 364. The number of likely N-dealkylation sites (N-methyl/N-ethyl adjacent to an activating group) is 1. The molecule has 1 rings (SSSR count). The van der Waals surface area contributed by atoms with Crippen LogP contribution in [0.5, 0.6) is 0 Å². The van der Waals surface area contributed by atoms with Gasteiger partial charge in [0.1, 0.15) is 12.4 Å². The van der Waals surface area contributed by atoms with E-state index in [9.17, 15) is 17.6 Å². The van der Waals surface area contributed by atoms with E-state index in [1.807, 2.05) is 6.92 Å². The van der Waals surface area contributed by atoms with Gasteiger partial charge < -0.3 is 10.1 Å². The molecule has 1 aromatic carbocycles. The Balaban J connectivity index is 2.58. The lowest BCUT2D eigenvalue weighted by molar-refractivity contribution is -0.174. The number of hydrogen-bond donors (Lipinski definition) is 1. The maximum Gasteiger partial charge on any atom is 0.411 e. The molecule has 0 fully saturated rings. The Labute approximate surface area is 109 Å². The lowest BCUT2D eigenvalue weighted by Gasteiger charge is -2.18. The van der Waals surface area contributed by atoms with E-state index in [4.69, 9.17) is 0 Å². The fourth-order valence-electron chi connectivity index (χ4n) is 1.64. The second-order valence-electron chi connectivity index (χ2n) is 4.19. The van der Waals surface area contributed by atoms with Crippen LogP contribution >= 0.6 is 0 Å². The molecule has 0 aliphatic carbocycles. The molecule has 0 radical (unpaired) electrons. The number of halogens is 4. The van der Waals surface area contributed by atoms with Crippen LogP contribution in [-0.4, -0.2) is 32.5 Å². The van der Waals surface area contributed by atoms with Crippen molar-refractivity contribution in [3.05, 3.63) is 35.6 Å². The van der Waals surface area contributed by atoms with Gasteiger partial charge >= 0.3 is 6.18 Å². The Hall–Kier alpha value is -1.14. The van der Waals surface area contributed by atoms with Crippen LogP contribution in [0.2, 0.25) is 0 Å². The molecule has 1 aromatic rings. The van der Waals surface area contributed by atoms with Gasteiger partial charge in [-0.1, -0.05) is 19.1 Å². The van der Waals surface area contributed by atoms with Crippen LogP contribution in [0.15, 0.2) is 24.3 Å². The standard InChI is InChI=1S/C13H17F4NO/c1-2-18-7-11(8-19-9-13(15,16)17)10-3-5-12(14)6-4-10/h3-6,11,18H,2,7-9H2,1H3. The molecule has 0 saturated heterocycles. The molecule has 0 spiro atoms. The van der Waals surface area contributed by atoms with Gasteiger partial charge in [-0.2, -0.15) is 13.2 Å². The predicted octanol–water partition coefficient (Wildman–Crippen LogP) is 3.10. The highest BCUT2D eigenvalue weighted by atomic mass is 19.4. The van der Waals surface area contributed by atoms with E-state index in [2.05, 4.69) is 10.1 Å². The minimum atomic E-state index is -4.33. The van der Waals surface area contributed by atoms with E-state index < -0.39 is 12.8 Å². The first-order chi connectivity index (χ1) is 8.92. The summed E-state index contributed by atoms with van der Waals surface area (Å²) >= 11 is 0. The maximum absolute atomic E-state index is 12.8. The highest BCUT2D eigenvalue weighted by Gasteiger charge is 2.28. The zero-order valence-electron chi connectivity index (χ0n) is 10.6. The van der Waals surface area contributed by atoms with Gasteiger partial charge in [-0.15, -0.1) is 0 Å². The third-order valence-corrected chi connectivity index (χ3v) is 2.57. The topological polar surface area (TPSA) is 21.3 Å². The minimum absolute atomic E-state index is 0.0574. The Morgan fingerprint density at radius 1 is 1.21 bits per heavy atom. The molecule has 0 aromatic heterocycles. The average molecular weight is 279 g/mol. The normalized spacial score (nSPS) is 13.5. The van der Waals surface area contributed by atoms with E-state index in [1.165, 1.54) is 12.1 Å². The molecule has 0 amide bonds. The van der Waals surface area contributed by atoms with Crippen LogP contribution in [-0.2, 0) is 4.74 Å². The molecular weight excluding hydrogens is 262 g/mol. The summed E-state index contributed by atoms with van der Waals surface area (Å²) in [5.74, 6) is -0.606. The number of rotatable bonds is 7. The van der Waals surface area contributed by atoms with Crippen LogP contribution in [0.4, 0.5) is 17.6 Å². The van der Waals surface area contributed by atoms with Gasteiger partial charge in [0.25, 0.3) is 0 Å². The van der Waals surface area contributed by atoms with Gasteiger partial charge in [0.05, 0.1) is 6.61 Å². The van der Waals surface area contributed by atoms with Crippen molar-refractivity contribution in [2.75, 3.05) is 26.3 Å². The fraction of sp³-hybridized carbons (Fsp3) is 0.538. The predicted molar refractivity (Wildman–Crippen MR) is 64.6 cm³/mol. The molecule has 1 N–H and O–H groups in total. The SMILES string of the molecule is CCNCC(COCC(F)(F)F)c1ccc(F)cc1. The van der Waals surface area contributed by atoms with Gasteiger partial charge in [0, 0.05) is 12.5 Å². The van der Waals surface area contributed by atoms with Crippen molar-refractivity contribution in [3.8, 4) is 0 Å². The molecular formula is C13H17F4NO. The van der Waals surface area contributed by atoms with Crippen molar-refractivity contribution in [2.45, 2.75) is 19.0 Å². The summed E-state index contributed by atoms with van der Waals surface area (Å²) in [5, 5.41) is 3.05. The zero-order chi connectivity index (χ0) is 14.3. The molecule has 1 atom stereocenters. The summed E-state index contributed by atoms with van der Waals surface area (Å²) in [6.07, 6.45) is -4.33. The van der Waals surface area contributed by atoms with Crippen LogP contribution in [0.25, 0.3) is 0 Å². The lowest BCUT2D eigenvalue weighted by atomic mass is 10.00. The molecule has 0 saturated carbocycles. The van der Waals surface area contributed by atoms with Crippen LogP contribution in [0.3, 0.4) is 0 Å². The Kier molecular flexibility index (Phi) is 6.24. The lowest BCUT2D eigenvalue weighted by Crippen LogP contribution is -2.26. The quantitative estimate of drug-likeness (QED) is 0.774. The summed E-state index contributed by atoms with van der Waals surface area (Å²) in [6.45, 7) is 1.77. The molecule has 0 bridgehead atoms. The molecule has 2 nitrogen and oxygen atoms in total. The highest BCUT2D eigenvalue weighted by molar-refractivity contribution is 5.21. The van der Waals surface area contributed by atoms with E-state index in [-0.39, 0.29) is 18.3 Å². The third-order valence-electron chi connectivity index (χ3n) is 2.57. The van der Waals surface area contributed by atoms with Crippen molar-refractivity contribution in [1.82, 2.24) is 5.32 Å². The first kappa shape index (κ1) is 15.9. The molecule has 6 heteroatoms. The summed E-state index contributed by atoms with van der Waals surface area (Å²) in [6, 6.07) is 5.71. The summed E-state index contributed by atoms with van der Waals surface area (Å²) in [5.41, 5.74) is 0.754. The van der Waals surface area contributed by atoms with Crippen LogP contribution in [0, 0.1) is 5.82 Å². The summed E-state index contributed by atoms with van der Waals surface area (Å²) in [7, 11) is 0. The highest BCUT2D eigenvalue weighted by Crippen LogP contribution is 2.19. The van der Waals surface area contributed by atoms with Gasteiger partial charge in [-0.3, -0.25) is 0 Å². The van der Waals surface area contributed by atoms with Crippen molar-refractivity contribution in [2.24, 2.45) is 0 Å². The van der Waals surface area contributed by atoms with E-state index in [1.54, 1.807) is 12.1 Å². The van der Waals surface area contributed by atoms with Gasteiger partial charge in [-0.25, -0.2) is 4.39 Å². The molecule has 0 aliphatic rings. The molecule has 19 heavy (non-hydrogen) atoms. The molecule has 0 aliphatic heterocycles.